The maximum absolute atomic E-state index is 14.8. The van der Waals surface area contributed by atoms with Crippen molar-refractivity contribution in [1.29, 1.82) is 0 Å². The van der Waals surface area contributed by atoms with Crippen LogP contribution in [0.25, 0.3) is 28.0 Å². The number of aliphatic hydroxyl groups is 1. The molecular weight excluding hydrogens is 581 g/mol. The van der Waals surface area contributed by atoms with Gasteiger partial charge in [-0.05, 0) is 54.8 Å². The van der Waals surface area contributed by atoms with Gasteiger partial charge in [-0.25, -0.2) is 8.91 Å². The Morgan fingerprint density at radius 3 is 2.86 bits per heavy atom. The number of aryl methyl sites for hydroxylation is 1. The van der Waals surface area contributed by atoms with E-state index in [-0.39, 0.29) is 46.9 Å². The number of anilines is 1. The summed E-state index contributed by atoms with van der Waals surface area (Å²) in [7, 11) is 1.59. The number of benzene rings is 1. The number of ether oxygens (including phenoxy) is 2. The summed E-state index contributed by atoms with van der Waals surface area (Å²) in [6, 6.07) is 6.40. The second-order valence-electron chi connectivity index (χ2n) is 10.3. The number of rotatable bonds is 12. The fourth-order valence-corrected chi connectivity index (χ4v) is 4.84. The summed E-state index contributed by atoms with van der Waals surface area (Å²) in [5.74, 6) is -0.995. The number of carbonyl (C=O) groups excluding carboxylic acids is 1. The Bertz CT molecular complexity index is 1780. The van der Waals surface area contributed by atoms with Gasteiger partial charge in [0, 0.05) is 25.1 Å². The van der Waals surface area contributed by atoms with Crippen molar-refractivity contribution < 1.29 is 23.8 Å². The molecule has 1 amide bonds. The van der Waals surface area contributed by atoms with Crippen LogP contribution in [0.2, 0.25) is 5.02 Å². The number of carbonyl (C=O) groups is 1. The number of halogens is 2. The van der Waals surface area contributed by atoms with Crippen LogP contribution in [0.3, 0.4) is 0 Å². The highest BCUT2D eigenvalue weighted by Crippen LogP contribution is 2.35. The standard InChI is InChI=1S/C28H29ClFN9O4/c1-16-22(14-37(34-16)13-19(40)15-43-8-7-42-2)17-5-6-38-26(9-17)21(12-31-38)28(41)32-25-10-20(24(30)11-23(25)29)27-33-36-39(35-27)18-3-4-18/h5-6,9-12,14,18-19,40H,3-4,7-8,13,15H2,1-2H3,(H,32,41). The zero-order valence-corrected chi connectivity index (χ0v) is 24.2. The number of amides is 1. The van der Waals surface area contributed by atoms with Gasteiger partial charge in [-0.2, -0.15) is 15.0 Å². The van der Waals surface area contributed by atoms with E-state index in [0.717, 1.165) is 35.7 Å². The maximum Gasteiger partial charge on any atom is 0.259 e. The van der Waals surface area contributed by atoms with Gasteiger partial charge in [0.1, 0.15) is 5.82 Å². The van der Waals surface area contributed by atoms with E-state index in [9.17, 15) is 14.3 Å². The summed E-state index contributed by atoms with van der Waals surface area (Å²) in [6.07, 6.45) is 6.20. The second-order valence-corrected chi connectivity index (χ2v) is 10.7. The van der Waals surface area contributed by atoms with Crippen molar-refractivity contribution in [3.8, 4) is 22.5 Å². The minimum atomic E-state index is -0.739. The number of hydrogen-bond donors (Lipinski definition) is 2. The highest BCUT2D eigenvalue weighted by atomic mass is 35.5. The van der Waals surface area contributed by atoms with E-state index in [4.69, 9.17) is 21.1 Å². The van der Waals surface area contributed by atoms with Crippen LogP contribution in [0.5, 0.6) is 0 Å². The van der Waals surface area contributed by atoms with Gasteiger partial charge in [-0.1, -0.05) is 11.6 Å². The molecular formula is C28H29ClFN9O4. The third-order valence-corrected chi connectivity index (χ3v) is 7.32. The van der Waals surface area contributed by atoms with E-state index in [2.05, 4.69) is 30.9 Å². The summed E-state index contributed by atoms with van der Waals surface area (Å²) in [4.78, 5) is 14.9. The predicted molar refractivity (Wildman–Crippen MR) is 154 cm³/mol. The normalized spacial score (nSPS) is 14.0. The average molecular weight is 610 g/mol. The van der Waals surface area contributed by atoms with Gasteiger partial charge in [-0.3, -0.25) is 9.48 Å². The summed E-state index contributed by atoms with van der Waals surface area (Å²) < 4.78 is 28.4. The van der Waals surface area contributed by atoms with Crippen LogP contribution in [0.1, 0.15) is 34.9 Å². The lowest BCUT2D eigenvalue weighted by molar-refractivity contribution is 0.00595. The van der Waals surface area contributed by atoms with Crippen molar-refractivity contribution in [3.63, 3.8) is 0 Å². The molecule has 1 saturated carbocycles. The Morgan fingerprint density at radius 2 is 2.07 bits per heavy atom. The molecule has 1 aliphatic rings. The number of aromatic nitrogens is 8. The van der Waals surface area contributed by atoms with Gasteiger partial charge >= 0.3 is 0 Å². The fraction of sp³-hybridized carbons (Fsp3) is 0.357. The van der Waals surface area contributed by atoms with Gasteiger partial charge in [0.15, 0.2) is 0 Å². The summed E-state index contributed by atoms with van der Waals surface area (Å²) in [5, 5.41) is 34.2. The third-order valence-electron chi connectivity index (χ3n) is 7.01. The minimum absolute atomic E-state index is 0.0238. The van der Waals surface area contributed by atoms with Crippen molar-refractivity contribution in [2.75, 3.05) is 32.2 Å². The Kier molecular flexibility index (Phi) is 8.17. The summed E-state index contributed by atoms with van der Waals surface area (Å²) >= 11 is 6.30. The van der Waals surface area contributed by atoms with E-state index in [1.165, 1.54) is 17.1 Å². The van der Waals surface area contributed by atoms with Crippen molar-refractivity contribution in [2.45, 2.75) is 38.5 Å². The number of aliphatic hydroxyl groups excluding tert-OH is 1. The lowest BCUT2D eigenvalue weighted by Crippen LogP contribution is -2.23. The van der Waals surface area contributed by atoms with Crippen molar-refractivity contribution in [2.24, 2.45) is 0 Å². The first kappa shape index (κ1) is 28.9. The van der Waals surface area contributed by atoms with Crippen LogP contribution in [-0.2, 0) is 16.0 Å². The molecule has 13 nitrogen and oxygen atoms in total. The Labute approximate surface area is 250 Å². The SMILES string of the molecule is COCCOCC(O)Cn1cc(-c2ccn3ncc(C(=O)Nc4cc(-c5nnn(C6CC6)n5)c(F)cc4Cl)c3c2)c(C)n1. The molecule has 1 unspecified atom stereocenters. The molecule has 4 heterocycles. The number of tetrazole rings is 1. The van der Waals surface area contributed by atoms with Crippen LogP contribution in [0.15, 0.2) is 42.9 Å². The molecule has 224 valence electrons. The van der Waals surface area contributed by atoms with Gasteiger partial charge in [-0.15, -0.1) is 10.2 Å². The van der Waals surface area contributed by atoms with E-state index >= 15 is 0 Å². The molecule has 43 heavy (non-hydrogen) atoms. The molecule has 4 aromatic heterocycles. The molecule has 1 aliphatic carbocycles. The molecule has 0 spiro atoms. The maximum atomic E-state index is 14.8. The Morgan fingerprint density at radius 1 is 1.23 bits per heavy atom. The van der Waals surface area contributed by atoms with Gasteiger partial charge in [0.2, 0.25) is 5.82 Å². The van der Waals surface area contributed by atoms with Crippen LogP contribution in [0, 0.1) is 12.7 Å². The average Bonchev–Trinajstić information content (AvgIpc) is 3.38. The van der Waals surface area contributed by atoms with Crippen LogP contribution < -0.4 is 5.32 Å². The quantitative estimate of drug-likeness (QED) is 0.203. The van der Waals surface area contributed by atoms with Crippen LogP contribution >= 0.6 is 11.6 Å². The van der Waals surface area contributed by atoms with E-state index in [1.54, 1.807) is 22.5 Å². The number of nitrogens with zero attached hydrogens (tertiary/aromatic N) is 8. The molecule has 1 fully saturated rings. The zero-order valence-electron chi connectivity index (χ0n) is 23.4. The minimum Gasteiger partial charge on any atom is -0.389 e. The molecule has 2 N–H and O–H groups in total. The highest BCUT2D eigenvalue weighted by molar-refractivity contribution is 6.34. The monoisotopic (exact) mass is 609 g/mol. The molecule has 0 bridgehead atoms. The van der Waals surface area contributed by atoms with Crippen LogP contribution in [-0.4, -0.2) is 83.6 Å². The largest absolute Gasteiger partial charge is 0.389 e. The summed E-state index contributed by atoms with van der Waals surface area (Å²) in [5.41, 5.74) is 3.50. The number of pyridine rings is 1. The molecule has 0 aliphatic heterocycles. The van der Waals surface area contributed by atoms with E-state index in [0.29, 0.717) is 18.7 Å². The fourth-order valence-electron chi connectivity index (χ4n) is 4.65. The number of fused-ring (bicyclic) bond motifs is 1. The number of hydrogen-bond acceptors (Lipinski definition) is 9. The number of nitrogens with one attached hydrogen (secondary N) is 1. The van der Waals surface area contributed by atoms with E-state index in [1.807, 2.05) is 25.3 Å². The zero-order chi connectivity index (χ0) is 30.1. The molecule has 0 radical (unpaired) electrons. The van der Waals surface area contributed by atoms with Crippen LogP contribution in [0.4, 0.5) is 10.1 Å². The first-order chi connectivity index (χ1) is 20.8. The lowest BCUT2D eigenvalue weighted by atomic mass is 10.1. The predicted octanol–water partition coefficient (Wildman–Crippen LogP) is 3.56. The lowest BCUT2D eigenvalue weighted by Gasteiger charge is -2.11. The number of methoxy groups -OCH3 is 1. The third kappa shape index (κ3) is 6.27. The second kappa shape index (κ2) is 12.2. The van der Waals surface area contributed by atoms with E-state index < -0.39 is 17.8 Å². The molecule has 1 aromatic carbocycles. The molecule has 15 heteroatoms. The first-order valence-corrected chi connectivity index (χ1v) is 14.1. The molecule has 1 atom stereocenters. The Balaban J connectivity index is 1.21. The van der Waals surface area contributed by atoms with Gasteiger partial charge in [0.25, 0.3) is 5.91 Å². The first-order valence-electron chi connectivity index (χ1n) is 13.7. The van der Waals surface area contributed by atoms with Crippen molar-refractivity contribution in [1.82, 2.24) is 39.6 Å². The smallest absolute Gasteiger partial charge is 0.259 e. The molecule has 0 saturated heterocycles. The Hall–Kier alpha value is -4.24. The highest BCUT2D eigenvalue weighted by Gasteiger charge is 2.27. The van der Waals surface area contributed by atoms with Gasteiger partial charge < -0.3 is 19.9 Å². The summed E-state index contributed by atoms with van der Waals surface area (Å²) in [6.45, 7) is 3.13. The van der Waals surface area contributed by atoms with Crippen molar-refractivity contribution in [3.05, 3.63) is 65.0 Å². The molecule has 5 aromatic rings. The topological polar surface area (TPSA) is 147 Å². The van der Waals surface area contributed by atoms with Gasteiger partial charge in [0.05, 0.1) is 77.8 Å². The van der Waals surface area contributed by atoms with Crippen molar-refractivity contribution >= 4 is 28.7 Å². The molecule has 6 rings (SSSR count).